The Morgan fingerprint density at radius 1 is 1.14 bits per heavy atom. The minimum Gasteiger partial charge on any atom is -0.333 e. The molecule has 0 saturated carbocycles. The third-order valence-electron chi connectivity index (χ3n) is 5.38. The zero-order valence-electron chi connectivity index (χ0n) is 16.4. The van der Waals surface area contributed by atoms with E-state index in [1.807, 2.05) is 36.1 Å². The fourth-order valence-corrected chi connectivity index (χ4v) is 6.09. The lowest BCUT2D eigenvalue weighted by atomic mass is 10.0. The average Bonchev–Trinajstić information content (AvgIpc) is 3.16. The van der Waals surface area contributed by atoms with Gasteiger partial charge in [0.2, 0.25) is 5.91 Å². The van der Waals surface area contributed by atoms with Gasteiger partial charge in [0.25, 0.3) is 0 Å². The van der Waals surface area contributed by atoms with Gasteiger partial charge in [-0.15, -0.1) is 11.3 Å². The molecule has 1 fully saturated rings. The van der Waals surface area contributed by atoms with Crippen LogP contribution in [0, 0.1) is 6.92 Å². The van der Waals surface area contributed by atoms with E-state index in [4.69, 9.17) is 4.98 Å². The SMILES string of the molecule is Cc1ccc(S(=O)(=O)CCC(=O)N2CCCCC2c2nc3ccccc3s2)cc1. The summed E-state index contributed by atoms with van der Waals surface area (Å²) in [5, 5.41) is 0.945. The van der Waals surface area contributed by atoms with Crippen molar-refractivity contribution in [1.82, 2.24) is 9.88 Å². The Bertz CT molecular complexity index is 1090. The van der Waals surface area contributed by atoms with Crippen LogP contribution in [-0.2, 0) is 14.6 Å². The van der Waals surface area contributed by atoms with Crippen molar-refractivity contribution < 1.29 is 13.2 Å². The van der Waals surface area contributed by atoms with E-state index in [1.54, 1.807) is 35.6 Å². The van der Waals surface area contributed by atoms with Gasteiger partial charge in [-0.1, -0.05) is 29.8 Å². The minimum atomic E-state index is -3.47. The molecule has 2 aromatic carbocycles. The van der Waals surface area contributed by atoms with Crippen LogP contribution >= 0.6 is 11.3 Å². The first-order valence-corrected chi connectivity index (χ1v) is 12.4. The minimum absolute atomic E-state index is 0.00238. The number of aromatic nitrogens is 1. The number of hydrogen-bond acceptors (Lipinski definition) is 5. The van der Waals surface area contributed by atoms with E-state index in [1.165, 1.54) is 0 Å². The molecular weight excluding hydrogens is 404 g/mol. The second-order valence-corrected chi connectivity index (χ2v) is 10.7. The van der Waals surface area contributed by atoms with E-state index >= 15 is 0 Å². The van der Waals surface area contributed by atoms with Crippen LogP contribution in [0.25, 0.3) is 10.2 Å². The fraction of sp³-hybridized carbons (Fsp3) is 0.364. The Labute approximate surface area is 175 Å². The number of benzene rings is 2. The van der Waals surface area contributed by atoms with Crippen molar-refractivity contribution in [1.29, 1.82) is 0 Å². The number of likely N-dealkylation sites (tertiary alicyclic amines) is 1. The largest absolute Gasteiger partial charge is 0.333 e. The molecule has 0 N–H and O–H groups in total. The number of carbonyl (C=O) groups is 1. The van der Waals surface area contributed by atoms with Crippen molar-refractivity contribution in [3.05, 3.63) is 59.1 Å². The Morgan fingerprint density at radius 3 is 2.66 bits per heavy atom. The molecule has 0 aliphatic carbocycles. The van der Waals surface area contributed by atoms with Gasteiger partial charge in [-0.3, -0.25) is 4.79 Å². The first kappa shape index (κ1) is 20.0. The molecule has 0 radical (unpaired) electrons. The summed E-state index contributed by atoms with van der Waals surface area (Å²) in [6, 6.07) is 14.7. The number of hydrogen-bond donors (Lipinski definition) is 0. The maximum Gasteiger partial charge on any atom is 0.224 e. The van der Waals surface area contributed by atoms with Gasteiger partial charge in [-0.05, 0) is 50.5 Å². The van der Waals surface area contributed by atoms with Crippen LogP contribution in [-0.4, -0.2) is 36.5 Å². The maximum absolute atomic E-state index is 13.0. The van der Waals surface area contributed by atoms with Crippen LogP contribution in [0.4, 0.5) is 0 Å². The third-order valence-corrected chi connectivity index (χ3v) is 8.25. The summed E-state index contributed by atoms with van der Waals surface area (Å²) < 4.78 is 26.4. The van der Waals surface area contributed by atoms with Crippen molar-refractivity contribution >= 4 is 37.3 Å². The maximum atomic E-state index is 13.0. The molecule has 1 unspecified atom stereocenters. The number of nitrogens with zero attached hydrogens (tertiary/aromatic N) is 2. The monoisotopic (exact) mass is 428 g/mol. The summed E-state index contributed by atoms with van der Waals surface area (Å²) in [6.07, 6.45) is 2.86. The summed E-state index contributed by atoms with van der Waals surface area (Å²) in [4.78, 5) is 19.8. The molecule has 4 rings (SSSR count). The van der Waals surface area contributed by atoms with Gasteiger partial charge < -0.3 is 4.90 Å². The van der Waals surface area contributed by atoms with Gasteiger partial charge in [-0.2, -0.15) is 0 Å². The molecular formula is C22H24N2O3S2. The molecule has 1 aliphatic heterocycles. The van der Waals surface area contributed by atoms with E-state index in [-0.39, 0.29) is 29.0 Å². The Balaban J connectivity index is 1.49. The number of thiazole rings is 1. The van der Waals surface area contributed by atoms with Gasteiger partial charge in [0, 0.05) is 13.0 Å². The lowest BCUT2D eigenvalue weighted by Gasteiger charge is -2.34. The first-order valence-electron chi connectivity index (χ1n) is 9.88. The predicted octanol–water partition coefficient (Wildman–Crippen LogP) is 4.52. The zero-order chi connectivity index (χ0) is 20.4. The number of carbonyl (C=O) groups excluding carboxylic acids is 1. The number of fused-ring (bicyclic) bond motifs is 1. The molecule has 3 aromatic rings. The molecule has 1 aliphatic rings. The molecule has 29 heavy (non-hydrogen) atoms. The zero-order valence-corrected chi connectivity index (χ0v) is 18.0. The number of rotatable bonds is 5. The van der Waals surface area contributed by atoms with Gasteiger partial charge in [-0.25, -0.2) is 13.4 Å². The summed E-state index contributed by atoms with van der Waals surface area (Å²) >= 11 is 1.62. The highest BCUT2D eigenvalue weighted by molar-refractivity contribution is 7.91. The summed E-state index contributed by atoms with van der Waals surface area (Å²) in [6.45, 7) is 2.57. The van der Waals surface area contributed by atoms with Crippen molar-refractivity contribution in [3.63, 3.8) is 0 Å². The molecule has 7 heteroatoms. The van der Waals surface area contributed by atoms with Crippen LogP contribution in [0.3, 0.4) is 0 Å². The molecule has 5 nitrogen and oxygen atoms in total. The van der Waals surface area contributed by atoms with E-state index in [2.05, 4.69) is 0 Å². The summed E-state index contributed by atoms with van der Waals surface area (Å²) in [7, 11) is -3.47. The molecule has 1 aromatic heterocycles. The molecule has 1 atom stereocenters. The van der Waals surface area contributed by atoms with Crippen LogP contribution in [0.15, 0.2) is 53.4 Å². The summed E-state index contributed by atoms with van der Waals surface area (Å²) in [5.74, 6) is -0.276. The third kappa shape index (κ3) is 4.36. The highest BCUT2D eigenvalue weighted by atomic mass is 32.2. The van der Waals surface area contributed by atoms with Gasteiger partial charge >= 0.3 is 0 Å². The topological polar surface area (TPSA) is 67.3 Å². The van der Waals surface area contributed by atoms with Crippen molar-refractivity contribution in [3.8, 4) is 0 Å². The lowest BCUT2D eigenvalue weighted by Crippen LogP contribution is -2.39. The number of sulfone groups is 1. The van der Waals surface area contributed by atoms with Crippen molar-refractivity contribution in [2.45, 2.75) is 43.5 Å². The van der Waals surface area contributed by atoms with Crippen LogP contribution in [0.2, 0.25) is 0 Å². The number of amides is 1. The Kier molecular flexibility index (Phi) is 5.69. The first-order chi connectivity index (χ1) is 13.9. The van der Waals surface area contributed by atoms with Gasteiger partial charge in [0.1, 0.15) is 5.01 Å². The van der Waals surface area contributed by atoms with Crippen LogP contribution < -0.4 is 0 Å². The smallest absolute Gasteiger partial charge is 0.224 e. The molecule has 1 amide bonds. The normalized spacial score (nSPS) is 17.6. The highest BCUT2D eigenvalue weighted by Gasteiger charge is 2.31. The number of aryl methyl sites for hydroxylation is 1. The molecule has 1 saturated heterocycles. The standard InChI is InChI=1S/C22H24N2O3S2/c1-16-9-11-17(12-10-16)29(26,27)15-13-21(25)24-14-5-4-7-19(24)22-23-18-6-2-3-8-20(18)28-22/h2-3,6,8-12,19H,4-5,7,13-15H2,1H3. The molecule has 0 spiro atoms. The van der Waals surface area contributed by atoms with Gasteiger partial charge in [0.05, 0.1) is 26.9 Å². The van der Waals surface area contributed by atoms with E-state index in [0.717, 1.165) is 40.1 Å². The quantitative estimate of drug-likeness (QED) is 0.599. The summed E-state index contributed by atoms with van der Waals surface area (Å²) in [5.41, 5.74) is 1.96. The molecule has 0 bridgehead atoms. The van der Waals surface area contributed by atoms with E-state index < -0.39 is 9.84 Å². The van der Waals surface area contributed by atoms with Crippen LogP contribution in [0.1, 0.15) is 42.3 Å². The van der Waals surface area contributed by atoms with Crippen LogP contribution in [0.5, 0.6) is 0 Å². The lowest BCUT2D eigenvalue weighted by molar-refractivity contribution is -0.134. The molecule has 152 valence electrons. The molecule has 2 heterocycles. The van der Waals surface area contributed by atoms with E-state index in [9.17, 15) is 13.2 Å². The second kappa shape index (κ2) is 8.24. The van der Waals surface area contributed by atoms with E-state index in [0.29, 0.717) is 6.54 Å². The highest BCUT2D eigenvalue weighted by Crippen LogP contribution is 2.36. The average molecular weight is 429 g/mol. The number of para-hydroxylation sites is 1. The Morgan fingerprint density at radius 2 is 1.90 bits per heavy atom. The fourth-order valence-electron chi connectivity index (χ4n) is 3.75. The Hall–Kier alpha value is -2.25. The van der Waals surface area contributed by atoms with Crippen molar-refractivity contribution in [2.75, 3.05) is 12.3 Å². The van der Waals surface area contributed by atoms with Gasteiger partial charge in [0.15, 0.2) is 9.84 Å². The second-order valence-electron chi connectivity index (χ2n) is 7.50. The number of piperidine rings is 1. The van der Waals surface area contributed by atoms with Crippen molar-refractivity contribution in [2.24, 2.45) is 0 Å². The predicted molar refractivity (Wildman–Crippen MR) is 116 cm³/mol.